The second kappa shape index (κ2) is 4.11. The molecule has 2 aromatic rings. The largest absolute Gasteiger partial charge is 0.301 e. The summed E-state index contributed by atoms with van der Waals surface area (Å²) in [4.78, 5) is 0. The second-order valence-electron chi connectivity index (χ2n) is 4.71. The first-order valence-electron chi connectivity index (χ1n) is 5.95. The molecule has 88 valence electrons. The van der Waals surface area contributed by atoms with E-state index >= 15 is 0 Å². The molecule has 1 aromatic heterocycles. The number of aromatic nitrogens is 3. The number of aryl methyl sites for hydroxylation is 1. The van der Waals surface area contributed by atoms with Gasteiger partial charge >= 0.3 is 0 Å². The first-order chi connectivity index (χ1) is 8.24. The van der Waals surface area contributed by atoms with Crippen LogP contribution in [0, 0.1) is 11.7 Å². The van der Waals surface area contributed by atoms with Crippen LogP contribution in [0.3, 0.4) is 0 Å². The number of hydrogen-bond acceptors (Lipinski definition) is 2. The van der Waals surface area contributed by atoms with E-state index in [0.29, 0.717) is 6.04 Å². The van der Waals surface area contributed by atoms with Gasteiger partial charge in [0.2, 0.25) is 0 Å². The van der Waals surface area contributed by atoms with Crippen LogP contribution in [0.5, 0.6) is 0 Å². The van der Waals surface area contributed by atoms with Gasteiger partial charge < -0.3 is 4.57 Å². The molecule has 0 spiro atoms. The van der Waals surface area contributed by atoms with E-state index in [1.165, 1.54) is 24.0 Å². The molecule has 3 rings (SSSR count). The number of nitrogens with one attached hydrogen (secondary N) is 1. The first-order valence-corrected chi connectivity index (χ1v) is 6.36. The lowest BCUT2D eigenvalue weighted by Crippen LogP contribution is -2.02. The van der Waals surface area contributed by atoms with Crippen LogP contribution in [0.2, 0.25) is 0 Å². The van der Waals surface area contributed by atoms with Gasteiger partial charge in [-0.1, -0.05) is 29.8 Å². The van der Waals surface area contributed by atoms with E-state index < -0.39 is 0 Å². The molecule has 4 heteroatoms. The Hall–Kier alpha value is -1.42. The van der Waals surface area contributed by atoms with Crippen LogP contribution in [0.4, 0.5) is 0 Å². The Labute approximate surface area is 105 Å². The van der Waals surface area contributed by atoms with Crippen molar-refractivity contribution in [3.8, 4) is 0 Å². The van der Waals surface area contributed by atoms with Crippen LogP contribution in [0.15, 0.2) is 24.3 Å². The summed E-state index contributed by atoms with van der Waals surface area (Å²) in [6.45, 7) is 2.11. The molecule has 0 aliphatic heterocycles. The van der Waals surface area contributed by atoms with Gasteiger partial charge in [-0.25, -0.2) is 0 Å². The number of benzene rings is 1. The number of hydrogen-bond donors (Lipinski definition) is 1. The molecule has 1 aliphatic carbocycles. The maximum absolute atomic E-state index is 5.28. The van der Waals surface area contributed by atoms with Crippen LogP contribution in [0.25, 0.3) is 0 Å². The van der Waals surface area contributed by atoms with Crippen molar-refractivity contribution in [1.29, 1.82) is 0 Å². The summed E-state index contributed by atoms with van der Waals surface area (Å²) in [5.41, 5.74) is 2.58. The minimum atomic E-state index is 0.584. The average Bonchev–Trinajstić information content (AvgIpc) is 3.05. The Morgan fingerprint density at radius 1 is 1.47 bits per heavy atom. The molecule has 1 fully saturated rings. The van der Waals surface area contributed by atoms with Gasteiger partial charge in [-0.05, 0) is 37.5 Å². The number of rotatable bonds is 3. The van der Waals surface area contributed by atoms with Crippen molar-refractivity contribution in [2.45, 2.75) is 32.2 Å². The van der Waals surface area contributed by atoms with E-state index in [2.05, 4.69) is 46.0 Å². The molecule has 0 bridgehead atoms. The first kappa shape index (κ1) is 10.7. The SMILES string of the molecule is Cc1cccc(Cc2n[nH]c(=S)n2C2CC2)c1. The predicted octanol–water partition coefficient (Wildman–Crippen LogP) is 3.17. The van der Waals surface area contributed by atoms with Gasteiger partial charge in [-0.2, -0.15) is 5.10 Å². The lowest BCUT2D eigenvalue weighted by molar-refractivity contribution is 0.685. The molecule has 3 nitrogen and oxygen atoms in total. The fourth-order valence-corrected chi connectivity index (χ4v) is 2.48. The van der Waals surface area contributed by atoms with E-state index in [9.17, 15) is 0 Å². The molecular weight excluding hydrogens is 230 g/mol. The van der Waals surface area contributed by atoms with E-state index in [0.717, 1.165) is 17.0 Å². The van der Waals surface area contributed by atoms with Gasteiger partial charge in [0, 0.05) is 12.5 Å². The molecule has 17 heavy (non-hydrogen) atoms. The fourth-order valence-electron chi connectivity index (χ4n) is 2.18. The van der Waals surface area contributed by atoms with Crippen LogP contribution in [0.1, 0.15) is 35.8 Å². The molecule has 0 saturated heterocycles. The molecule has 1 heterocycles. The Kier molecular flexibility index (Phi) is 2.59. The van der Waals surface area contributed by atoms with Gasteiger partial charge in [0.15, 0.2) is 4.77 Å². The van der Waals surface area contributed by atoms with Crippen LogP contribution in [-0.2, 0) is 6.42 Å². The minimum Gasteiger partial charge on any atom is -0.301 e. The molecule has 1 aromatic carbocycles. The van der Waals surface area contributed by atoms with Crippen molar-refractivity contribution in [3.63, 3.8) is 0 Å². The Bertz CT molecular complexity index is 593. The van der Waals surface area contributed by atoms with Gasteiger partial charge in [-0.15, -0.1) is 0 Å². The Morgan fingerprint density at radius 2 is 2.29 bits per heavy atom. The molecule has 0 amide bonds. The number of nitrogens with zero attached hydrogens (tertiary/aromatic N) is 2. The highest BCUT2D eigenvalue weighted by Gasteiger charge is 2.27. The lowest BCUT2D eigenvalue weighted by Gasteiger charge is -2.05. The van der Waals surface area contributed by atoms with Crippen LogP contribution < -0.4 is 0 Å². The zero-order chi connectivity index (χ0) is 11.8. The molecule has 1 aliphatic rings. The summed E-state index contributed by atoms with van der Waals surface area (Å²) in [6, 6.07) is 9.13. The predicted molar refractivity (Wildman–Crippen MR) is 69.7 cm³/mol. The van der Waals surface area contributed by atoms with Crippen molar-refractivity contribution in [2.24, 2.45) is 0 Å². The van der Waals surface area contributed by atoms with Crippen molar-refractivity contribution in [1.82, 2.24) is 14.8 Å². The monoisotopic (exact) mass is 245 g/mol. The minimum absolute atomic E-state index is 0.584. The van der Waals surface area contributed by atoms with Gasteiger partial charge in [0.25, 0.3) is 0 Å². The van der Waals surface area contributed by atoms with Crippen molar-refractivity contribution in [3.05, 3.63) is 46.0 Å². The van der Waals surface area contributed by atoms with Gasteiger partial charge in [0.05, 0.1) is 0 Å². The lowest BCUT2D eigenvalue weighted by atomic mass is 10.1. The normalized spacial score (nSPS) is 15.1. The average molecular weight is 245 g/mol. The Balaban J connectivity index is 1.92. The zero-order valence-corrected chi connectivity index (χ0v) is 10.6. The maximum atomic E-state index is 5.28. The maximum Gasteiger partial charge on any atom is 0.195 e. The van der Waals surface area contributed by atoms with Crippen molar-refractivity contribution >= 4 is 12.2 Å². The van der Waals surface area contributed by atoms with Gasteiger partial charge in [-0.3, -0.25) is 5.10 Å². The van der Waals surface area contributed by atoms with E-state index in [1.807, 2.05) is 0 Å². The van der Waals surface area contributed by atoms with Crippen molar-refractivity contribution in [2.75, 3.05) is 0 Å². The van der Waals surface area contributed by atoms with Crippen molar-refractivity contribution < 1.29 is 0 Å². The third-order valence-electron chi connectivity index (χ3n) is 3.13. The highest BCUT2D eigenvalue weighted by molar-refractivity contribution is 7.71. The quantitative estimate of drug-likeness (QED) is 0.843. The summed E-state index contributed by atoms with van der Waals surface area (Å²) < 4.78 is 2.94. The van der Waals surface area contributed by atoms with E-state index in [-0.39, 0.29) is 0 Å². The third-order valence-corrected chi connectivity index (χ3v) is 3.42. The van der Waals surface area contributed by atoms with Crippen LogP contribution >= 0.6 is 12.2 Å². The van der Waals surface area contributed by atoms with Crippen LogP contribution in [-0.4, -0.2) is 14.8 Å². The topological polar surface area (TPSA) is 33.6 Å². The summed E-state index contributed by atoms with van der Waals surface area (Å²) >= 11 is 5.28. The summed E-state index contributed by atoms with van der Waals surface area (Å²) in [6.07, 6.45) is 3.31. The standard InChI is InChI=1S/C13H15N3S/c1-9-3-2-4-10(7-9)8-12-14-15-13(17)16(12)11-5-6-11/h2-4,7,11H,5-6,8H2,1H3,(H,15,17). The highest BCUT2D eigenvalue weighted by atomic mass is 32.1. The molecular formula is C13H15N3S. The molecule has 0 unspecified atom stereocenters. The fraction of sp³-hybridized carbons (Fsp3) is 0.385. The van der Waals surface area contributed by atoms with E-state index in [1.54, 1.807) is 0 Å². The summed E-state index contributed by atoms with van der Waals surface area (Å²) in [5.74, 6) is 1.06. The summed E-state index contributed by atoms with van der Waals surface area (Å²) in [7, 11) is 0. The molecule has 1 N–H and O–H groups in total. The molecule has 1 saturated carbocycles. The highest BCUT2D eigenvalue weighted by Crippen LogP contribution is 2.36. The number of H-pyrrole nitrogens is 1. The smallest absolute Gasteiger partial charge is 0.195 e. The molecule has 0 radical (unpaired) electrons. The zero-order valence-electron chi connectivity index (χ0n) is 9.81. The van der Waals surface area contributed by atoms with E-state index in [4.69, 9.17) is 12.2 Å². The number of aromatic amines is 1. The van der Waals surface area contributed by atoms with Gasteiger partial charge in [0.1, 0.15) is 5.82 Å². The second-order valence-corrected chi connectivity index (χ2v) is 5.10. The molecule has 0 atom stereocenters. The Morgan fingerprint density at radius 3 is 3.00 bits per heavy atom. The summed E-state index contributed by atoms with van der Waals surface area (Å²) in [5, 5.41) is 7.26. The third kappa shape index (κ3) is 2.17.